The van der Waals surface area contributed by atoms with Gasteiger partial charge in [0.25, 0.3) is 11.8 Å². The number of carbonyl (C=O) groups excluding carboxylic acids is 2. The number of aromatic nitrogens is 3. The van der Waals surface area contributed by atoms with Crippen LogP contribution in [0.5, 0.6) is 0 Å². The minimum atomic E-state index is -0.462. The molecule has 0 atom stereocenters. The number of amides is 2. The fourth-order valence-electron chi connectivity index (χ4n) is 5.28. The number of nitrogens with zero attached hydrogens (tertiary/aromatic N) is 4. The molecule has 3 aromatic heterocycles. The lowest BCUT2D eigenvalue weighted by atomic mass is 9.95. The van der Waals surface area contributed by atoms with E-state index in [0.29, 0.717) is 41.8 Å². The predicted octanol–water partition coefficient (Wildman–Crippen LogP) is 4.51. The molecule has 2 amide bonds. The number of rotatable bonds is 8. The van der Waals surface area contributed by atoms with Crippen LogP contribution in [0.2, 0.25) is 0 Å². The molecule has 2 N–H and O–H groups in total. The minimum absolute atomic E-state index is 0.0731. The summed E-state index contributed by atoms with van der Waals surface area (Å²) in [5.41, 5.74) is 3.94. The number of benzene rings is 2. The second-order valence-corrected chi connectivity index (χ2v) is 9.37. The summed E-state index contributed by atoms with van der Waals surface area (Å²) in [5, 5.41) is 18.6. The summed E-state index contributed by atoms with van der Waals surface area (Å²) in [6.45, 7) is 1.04. The van der Waals surface area contributed by atoms with Gasteiger partial charge in [-0.2, -0.15) is 0 Å². The SMILES string of the molecule is Cn1cc(C2=C(c3cn(CCCNc4ncccc4[N+](=O)[O-])c4ccccc34)C(=O)NC2=O)c2ccccc21. The molecule has 1 aliphatic heterocycles. The van der Waals surface area contributed by atoms with Crippen LogP contribution in [0.4, 0.5) is 11.5 Å². The average molecular weight is 521 g/mol. The number of fused-ring (bicyclic) bond motifs is 2. The maximum absolute atomic E-state index is 13.2. The third kappa shape index (κ3) is 4.11. The second kappa shape index (κ2) is 9.56. The Morgan fingerprint density at radius 3 is 2.26 bits per heavy atom. The lowest BCUT2D eigenvalue weighted by Crippen LogP contribution is -2.22. The molecular formula is C29H24N6O4. The molecule has 1 aliphatic rings. The first-order chi connectivity index (χ1) is 18.9. The highest BCUT2D eigenvalue weighted by atomic mass is 16.6. The maximum Gasteiger partial charge on any atom is 0.311 e. The highest BCUT2D eigenvalue weighted by molar-refractivity contribution is 6.50. The van der Waals surface area contributed by atoms with E-state index in [0.717, 1.165) is 21.8 Å². The highest BCUT2D eigenvalue weighted by Gasteiger charge is 2.35. The number of imide groups is 1. The van der Waals surface area contributed by atoms with Crippen molar-refractivity contribution in [3.05, 3.63) is 100 Å². The second-order valence-electron chi connectivity index (χ2n) is 9.37. The molecule has 194 valence electrons. The number of hydrogen-bond donors (Lipinski definition) is 2. The van der Waals surface area contributed by atoms with Crippen molar-refractivity contribution in [2.24, 2.45) is 7.05 Å². The highest BCUT2D eigenvalue weighted by Crippen LogP contribution is 2.38. The zero-order valence-corrected chi connectivity index (χ0v) is 21.0. The van der Waals surface area contributed by atoms with Crippen LogP contribution in [-0.2, 0) is 23.2 Å². The topological polar surface area (TPSA) is 124 Å². The molecule has 10 heteroatoms. The fourth-order valence-corrected chi connectivity index (χ4v) is 5.28. The van der Waals surface area contributed by atoms with Crippen LogP contribution in [0, 0.1) is 10.1 Å². The predicted molar refractivity (Wildman–Crippen MR) is 149 cm³/mol. The Hall–Kier alpha value is -5.25. The third-order valence-corrected chi connectivity index (χ3v) is 7.01. The molecule has 0 saturated heterocycles. The first-order valence-electron chi connectivity index (χ1n) is 12.5. The van der Waals surface area contributed by atoms with Crippen LogP contribution in [0.25, 0.3) is 33.0 Å². The van der Waals surface area contributed by atoms with E-state index in [1.807, 2.05) is 77.1 Å². The normalized spacial score (nSPS) is 13.5. The van der Waals surface area contributed by atoms with Gasteiger partial charge >= 0.3 is 5.69 Å². The molecule has 0 radical (unpaired) electrons. The van der Waals surface area contributed by atoms with Gasteiger partial charge in [0.1, 0.15) is 0 Å². The Bertz CT molecular complexity index is 1830. The van der Waals surface area contributed by atoms with Crippen molar-refractivity contribution in [1.29, 1.82) is 0 Å². The van der Waals surface area contributed by atoms with Crippen molar-refractivity contribution >= 4 is 56.3 Å². The average Bonchev–Trinajstić information content (AvgIpc) is 3.57. The Morgan fingerprint density at radius 1 is 0.897 bits per heavy atom. The Morgan fingerprint density at radius 2 is 1.54 bits per heavy atom. The van der Waals surface area contributed by atoms with E-state index in [9.17, 15) is 19.7 Å². The van der Waals surface area contributed by atoms with E-state index in [1.165, 1.54) is 18.3 Å². The number of aryl methyl sites for hydroxylation is 2. The van der Waals surface area contributed by atoms with Crippen molar-refractivity contribution in [3.63, 3.8) is 0 Å². The van der Waals surface area contributed by atoms with Crippen LogP contribution in [0.1, 0.15) is 17.5 Å². The molecule has 0 unspecified atom stereocenters. The van der Waals surface area contributed by atoms with Gasteiger partial charge < -0.3 is 14.5 Å². The molecule has 6 rings (SSSR count). The van der Waals surface area contributed by atoms with Gasteiger partial charge in [-0.1, -0.05) is 36.4 Å². The summed E-state index contributed by atoms with van der Waals surface area (Å²) in [6, 6.07) is 18.5. The van der Waals surface area contributed by atoms with Crippen molar-refractivity contribution in [2.75, 3.05) is 11.9 Å². The van der Waals surface area contributed by atoms with E-state index >= 15 is 0 Å². The third-order valence-electron chi connectivity index (χ3n) is 7.01. The molecule has 39 heavy (non-hydrogen) atoms. The number of pyridine rings is 1. The van der Waals surface area contributed by atoms with Gasteiger partial charge in [-0.15, -0.1) is 0 Å². The molecule has 0 spiro atoms. The van der Waals surface area contributed by atoms with Gasteiger partial charge in [0.15, 0.2) is 0 Å². The molecule has 10 nitrogen and oxygen atoms in total. The number of nitrogens with one attached hydrogen (secondary N) is 2. The summed E-state index contributed by atoms with van der Waals surface area (Å²) < 4.78 is 4.00. The van der Waals surface area contributed by atoms with E-state index in [-0.39, 0.29) is 11.5 Å². The van der Waals surface area contributed by atoms with Gasteiger partial charge in [-0.25, -0.2) is 4.98 Å². The van der Waals surface area contributed by atoms with Crippen LogP contribution in [0.15, 0.2) is 79.3 Å². The zero-order valence-electron chi connectivity index (χ0n) is 21.0. The van der Waals surface area contributed by atoms with E-state index in [2.05, 4.69) is 15.6 Å². The molecular weight excluding hydrogens is 496 g/mol. The molecule has 2 aromatic carbocycles. The van der Waals surface area contributed by atoms with E-state index < -0.39 is 16.7 Å². The quantitative estimate of drug-likeness (QED) is 0.134. The summed E-state index contributed by atoms with van der Waals surface area (Å²) in [5.74, 6) is -0.606. The standard InChI is InChI=1S/C29H24N6O4/c1-33-16-20(18-8-2-4-10-22(18)33)25-26(29(37)32-28(25)36)21-17-34(23-11-5-3-9-19(21)23)15-7-14-31-27-24(35(38)39)12-6-13-30-27/h2-6,8-13,16-17H,7,14-15H2,1H3,(H,30,31)(H,32,36,37). The number of nitro groups is 1. The van der Waals surface area contributed by atoms with Gasteiger partial charge in [-0.3, -0.25) is 25.0 Å². The number of hydrogen-bond acceptors (Lipinski definition) is 6. The molecule has 5 aromatic rings. The molecule has 4 heterocycles. The molecule has 0 saturated carbocycles. The summed E-state index contributed by atoms with van der Waals surface area (Å²) in [7, 11) is 1.92. The first-order valence-corrected chi connectivity index (χ1v) is 12.5. The van der Waals surface area contributed by atoms with Crippen LogP contribution >= 0.6 is 0 Å². The smallest absolute Gasteiger partial charge is 0.311 e. The lowest BCUT2D eigenvalue weighted by molar-refractivity contribution is -0.384. The summed E-state index contributed by atoms with van der Waals surface area (Å²) >= 11 is 0. The van der Waals surface area contributed by atoms with Gasteiger partial charge in [0, 0.05) is 77.7 Å². The van der Waals surface area contributed by atoms with Crippen LogP contribution in [0.3, 0.4) is 0 Å². The molecule has 0 bridgehead atoms. The van der Waals surface area contributed by atoms with E-state index in [4.69, 9.17) is 0 Å². The molecule has 0 aliphatic carbocycles. The van der Waals surface area contributed by atoms with Gasteiger partial charge in [0.2, 0.25) is 5.82 Å². The van der Waals surface area contributed by atoms with Crippen molar-refractivity contribution in [1.82, 2.24) is 19.4 Å². The Kier molecular flexibility index (Phi) is 5.91. The summed E-state index contributed by atoms with van der Waals surface area (Å²) in [4.78, 5) is 41.2. The van der Waals surface area contributed by atoms with E-state index in [1.54, 1.807) is 0 Å². The summed E-state index contributed by atoms with van der Waals surface area (Å²) in [6.07, 6.45) is 5.95. The van der Waals surface area contributed by atoms with Crippen LogP contribution in [-0.4, -0.2) is 37.4 Å². The minimum Gasteiger partial charge on any atom is -0.364 e. The number of anilines is 1. The Balaban J connectivity index is 1.36. The lowest BCUT2D eigenvalue weighted by Gasteiger charge is -2.08. The molecule has 0 fully saturated rings. The number of carbonyl (C=O) groups is 2. The van der Waals surface area contributed by atoms with Crippen molar-refractivity contribution < 1.29 is 14.5 Å². The monoisotopic (exact) mass is 520 g/mol. The van der Waals surface area contributed by atoms with Gasteiger partial charge in [0.05, 0.1) is 16.1 Å². The Labute approximate surface area is 222 Å². The largest absolute Gasteiger partial charge is 0.364 e. The first kappa shape index (κ1) is 24.1. The zero-order chi connectivity index (χ0) is 27.1. The van der Waals surface area contributed by atoms with Crippen molar-refractivity contribution in [2.45, 2.75) is 13.0 Å². The maximum atomic E-state index is 13.2. The van der Waals surface area contributed by atoms with Crippen molar-refractivity contribution in [3.8, 4) is 0 Å². The van der Waals surface area contributed by atoms with Gasteiger partial charge in [-0.05, 0) is 24.6 Å². The fraction of sp³-hybridized carbons (Fsp3) is 0.138. The van der Waals surface area contributed by atoms with Crippen LogP contribution < -0.4 is 10.6 Å². The number of para-hydroxylation sites is 2.